The third-order valence-corrected chi connectivity index (χ3v) is 3.76. The second-order valence-electron chi connectivity index (χ2n) is 7.13. The maximum atomic E-state index is 12.1. The minimum Gasteiger partial charge on any atom is -0.507 e. The molecule has 0 spiro atoms. The molecule has 1 aromatic heterocycles. The number of carbonyl (C=O) groups excluding carboxylic acids is 1. The molecule has 0 aliphatic rings. The van der Waals surface area contributed by atoms with Crippen LogP contribution in [0, 0.1) is 6.92 Å². The summed E-state index contributed by atoms with van der Waals surface area (Å²) in [5.74, 6) is 0.832. The average Bonchev–Trinajstić information content (AvgIpc) is 2.95. The number of rotatable bonds is 4. The topological polar surface area (TPSA) is 88.7 Å². The van der Waals surface area contributed by atoms with Gasteiger partial charge >= 0.3 is 6.09 Å². The maximum Gasteiger partial charge on any atom is 0.410 e. The predicted molar refractivity (Wildman–Crippen MR) is 93.3 cm³/mol. The number of para-hydroxylation sites is 1. The van der Waals surface area contributed by atoms with Crippen LogP contribution in [0.1, 0.15) is 39.1 Å². The van der Waals surface area contributed by atoms with E-state index in [9.17, 15) is 9.90 Å². The zero-order valence-electron chi connectivity index (χ0n) is 15.5. The van der Waals surface area contributed by atoms with Gasteiger partial charge < -0.3 is 19.3 Å². The summed E-state index contributed by atoms with van der Waals surface area (Å²) in [5.41, 5.74) is 0.676. The van der Waals surface area contributed by atoms with E-state index in [0.717, 1.165) is 5.56 Å². The Kier molecular flexibility index (Phi) is 5.35. The molecule has 0 radical (unpaired) electrons. The summed E-state index contributed by atoms with van der Waals surface area (Å²) in [5, 5.41) is 14.1. The lowest BCUT2D eigenvalue weighted by atomic mass is 10.1. The van der Waals surface area contributed by atoms with Crippen LogP contribution in [0.2, 0.25) is 0 Å². The van der Waals surface area contributed by atoms with Crippen LogP contribution < -0.4 is 0 Å². The molecule has 2 rings (SSSR count). The highest BCUT2D eigenvalue weighted by Gasteiger charge is 2.24. The summed E-state index contributed by atoms with van der Waals surface area (Å²) >= 11 is 0. The average molecular weight is 347 g/mol. The van der Waals surface area contributed by atoms with Gasteiger partial charge in [-0.25, -0.2) is 4.79 Å². The molecule has 0 fully saturated rings. The normalized spacial score (nSPS) is 12.7. The van der Waals surface area contributed by atoms with Gasteiger partial charge in [-0.2, -0.15) is 4.98 Å². The summed E-state index contributed by atoms with van der Waals surface area (Å²) < 4.78 is 10.6. The summed E-state index contributed by atoms with van der Waals surface area (Å²) in [6, 6.07) is 5.16. The molecule has 7 nitrogen and oxygen atoms in total. The van der Waals surface area contributed by atoms with Gasteiger partial charge in [-0.05, 0) is 46.2 Å². The quantitative estimate of drug-likeness (QED) is 0.910. The van der Waals surface area contributed by atoms with Crippen LogP contribution in [0.3, 0.4) is 0 Å². The standard InChI is InChI=1S/C18H25N3O4/c1-11-8-7-9-13(15(11)22)16-19-14(20-25-16)10-12(2)21(6)17(23)24-18(3,4)5/h7-9,12,22H,10H2,1-6H3. The molecule has 7 heteroatoms. The van der Waals surface area contributed by atoms with E-state index in [1.807, 2.05) is 33.8 Å². The summed E-state index contributed by atoms with van der Waals surface area (Å²) in [6.45, 7) is 9.15. The fourth-order valence-electron chi connectivity index (χ4n) is 2.19. The Morgan fingerprint density at radius 3 is 2.72 bits per heavy atom. The Morgan fingerprint density at radius 1 is 1.40 bits per heavy atom. The van der Waals surface area contributed by atoms with Gasteiger partial charge in [0.1, 0.15) is 11.4 Å². The van der Waals surface area contributed by atoms with E-state index in [2.05, 4.69) is 10.1 Å². The Balaban J connectivity index is 2.08. The Hall–Kier alpha value is -2.57. The van der Waals surface area contributed by atoms with Crippen molar-refractivity contribution in [3.05, 3.63) is 29.6 Å². The smallest absolute Gasteiger partial charge is 0.410 e. The number of ether oxygens (including phenoxy) is 1. The number of hydrogen-bond acceptors (Lipinski definition) is 6. The zero-order chi connectivity index (χ0) is 18.8. The van der Waals surface area contributed by atoms with Crippen molar-refractivity contribution in [1.82, 2.24) is 15.0 Å². The van der Waals surface area contributed by atoms with Crippen molar-refractivity contribution in [3.63, 3.8) is 0 Å². The van der Waals surface area contributed by atoms with Gasteiger partial charge in [0.15, 0.2) is 5.82 Å². The molecule has 1 atom stereocenters. The Morgan fingerprint density at radius 2 is 2.08 bits per heavy atom. The molecule has 0 saturated heterocycles. The number of benzene rings is 1. The van der Waals surface area contributed by atoms with Gasteiger partial charge in [-0.15, -0.1) is 0 Å². The number of phenols is 1. The number of amides is 1. The first kappa shape index (κ1) is 18.8. The zero-order valence-corrected chi connectivity index (χ0v) is 15.5. The lowest BCUT2D eigenvalue weighted by Gasteiger charge is -2.28. The van der Waals surface area contributed by atoms with Crippen LogP contribution >= 0.6 is 0 Å². The minimum absolute atomic E-state index is 0.122. The van der Waals surface area contributed by atoms with E-state index in [0.29, 0.717) is 17.8 Å². The van der Waals surface area contributed by atoms with Crippen LogP contribution in [0.5, 0.6) is 5.75 Å². The second kappa shape index (κ2) is 7.13. The van der Waals surface area contributed by atoms with Gasteiger partial charge in [-0.3, -0.25) is 0 Å². The number of likely N-dealkylation sites (N-methyl/N-ethyl adjacent to an activating group) is 1. The minimum atomic E-state index is -0.549. The van der Waals surface area contributed by atoms with Crippen LogP contribution in [0.25, 0.3) is 11.5 Å². The number of aryl methyl sites for hydroxylation is 1. The van der Waals surface area contributed by atoms with E-state index < -0.39 is 11.7 Å². The second-order valence-corrected chi connectivity index (χ2v) is 7.13. The SMILES string of the molecule is Cc1cccc(-c2nc(CC(C)N(C)C(=O)OC(C)(C)C)no2)c1O. The van der Waals surface area contributed by atoms with Crippen molar-refractivity contribution in [2.24, 2.45) is 0 Å². The molecule has 136 valence electrons. The van der Waals surface area contributed by atoms with Gasteiger partial charge in [0.05, 0.1) is 5.56 Å². The number of nitrogens with zero attached hydrogens (tertiary/aromatic N) is 3. The molecular formula is C18H25N3O4. The maximum absolute atomic E-state index is 12.1. The Labute approximate surface area is 147 Å². The number of hydrogen-bond donors (Lipinski definition) is 1. The number of phenolic OH excluding ortho intramolecular Hbond substituents is 1. The van der Waals surface area contributed by atoms with Crippen molar-refractivity contribution >= 4 is 6.09 Å². The highest BCUT2D eigenvalue weighted by atomic mass is 16.6. The third kappa shape index (κ3) is 4.71. The number of carbonyl (C=O) groups is 1. The fourth-order valence-corrected chi connectivity index (χ4v) is 2.19. The summed E-state index contributed by atoms with van der Waals surface area (Å²) in [4.78, 5) is 17.9. The molecule has 25 heavy (non-hydrogen) atoms. The summed E-state index contributed by atoms with van der Waals surface area (Å²) in [6.07, 6.45) is 0.00582. The molecule has 0 saturated carbocycles. The van der Waals surface area contributed by atoms with Crippen molar-refractivity contribution < 1.29 is 19.2 Å². The van der Waals surface area contributed by atoms with Crippen molar-refractivity contribution in [2.75, 3.05) is 7.05 Å². The molecule has 1 amide bonds. The van der Waals surface area contributed by atoms with Crippen molar-refractivity contribution in [3.8, 4) is 17.2 Å². The van der Waals surface area contributed by atoms with Crippen molar-refractivity contribution in [2.45, 2.75) is 52.7 Å². The third-order valence-electron chi connectivity index (χ3n) is 3.76. The highest BCUT2D eigenvalue weighted by Crippen LogP contribution is 2.30. The molecule has 1 heterocycles. The molecule has 0 aliphatic carbocycles. The lowest BCUT2D eigenvalue weighted by Crippen LogP contribution is -2.40. The van der Waals surface area contributed by atoms with Gasteiger partial charge in [0.25, 0.3) is 5.89 Å². The molecule has 0 aliphatic heterocycles. The molecule has 2 aromatic rings. The number of aromatic nitrogens is 2. The molecule has 0 bridgehead atoms. The molecule has 1 unspecified atom stereocenters. The van der Waals surface area contributed by atoms with E-state index in [1.54, 1.807) is 26.1 Å². The largest absolute Gasteiger partial charge is 0.507 e. The highest BCUT2D eigenvalue weighted by molar-refractivity contribution is 5.68. The first-order chi connectivity index (χ1) is 11.6. The first-order valence-electron chi connectivity index (χ1n) is 8.16. The Bertz CT molecular complexity index is 749. The van der Waals surface area contributed by atoms with Crippen LogP contribution in [0.15, 0.2) is 22.7 Å². The van der Waals surface area contributed by atoms with Gasteiger partial charge in [0, 0.05) is 19.5 Å². The van der Waals surface area contributed by atoms with E-state index in [1.165, 1.54) is 4.90 Å². The van der Waals surface area contributed by atoms with Crippen molar-refractivity contribution in [1.29, 1.82) is 0 Å². The molecule has 1 N–H and O–H groups in total. The van der Waals surface area contributed by atoms with E-state index in [4.69, 9.17) is 9.26 Å². The van der Waals surface area contributed by atoms with Gasteiger partial charge in [-0.1, -0.05) is 17.3 Å². The fraction of sp³-hybridized carbons (Fsp3) is 0.500. The van der Waals surface area contributed by atoms with Crippen LogP contribution in [-0.2, 0) is 11.2 Å². The molecular weight excluding hydrogens is 322 g/mol. The molecule has 1 aromatic carbocycles. The first-order valence-corrected chi connectivity index (χ1v) is 8.16. The van der Waals surface area contributed by atoms with Crippen LogP contribution in [0.4, 0.5) is 4.79 Å². The van der Waals surface area contributed by atoms with Gasteiger partial charge in [0.2, 0.25) is 0 Å². The predicted octanol–water partition coefficient (Wildman–Crippen LogP) is 3.55. The summed E-state index contributed by atoms with van der Waals surface area (Å²) in [7, 11) is 1.67. The van der Waals surface area contributed by atoms with Crippen LogP contribution in [-0.4, -0.2) is 44.9 Å². The number of aromatic hydroxyl groups is 1. The van der Waals surface area contributed by atoms with E-state index in [-0.39, 0.29) is 17.7 Å². The monoisotopic (exact) mass is 347 g/mol. The lowest BCUT2D eigenvalue weighted by molar-refractivity contribution is 0.0234. The van der Waals surface area contributed by atoms with E-state index >= 15 is 0 Å².